The van der Waals surface area contributed by atoms with Crippen LogP contribution in [0.25, 0.3) is 0 Å². The largest absolute Gasteiger partial charge is 0.352 e. The second kappa shape index (κ2) is 6.01. The van der Waals surface area contributed by atoms with Crippen LogP contribution in [0.15, 0.2) is 18.2 Å². The topological polar surface area (TPSA) is 41.1 Å². The predicted octanol–water partition coefficient (Wildman–Crippen LogP) is 1.71. The highest BCUT2D eigenvalue weighted by atomic mass is 16.1. The van der Waals surface area contributed by atoms with E-state index in [1.54, 1.807) is 0 Å². The zero-order valence-electron chi connectivity index (χ0n) is 11.3. The van der Waals surface area contributed by atoms with Gasteiger partial charge in [0.05, 0.1) is 6.42 Å². The molecule has 1 aromatic carbocycles. The van der Waals surface area contributed by atoms with Crippen LogP contribution in [0.1, 0.15) is 29.5 Å². The van der Waals surface area contributed by atoms with Crippen molar-refractivity contribution in [1.82, 2.24) is 10.6 Å². The van der Waals surface area contributed by atoms with Gasteiger partial charge in [-0.25, -0.2) is 0 Å². The van der Waals surface area contributed by atoms with Crippen molar-refractivity contribution < 1.29 is 4.79 Å². The Bertz CT molecular complexity index is 423. The summed E-state index contributed by atoms with van der Waals surface area (Å²) >= 11 is 0. The number of hydrogen-bond donors (Lipinski definition) is 2. The van der Waals surface area contributed by atoms with E-state index in [1.165, 1.54) is 11.1 Å². The van der Waals surface area contributed by atoms with Crippen molar-refractivity contribution in [2.45, 2.75) is 39.2 Å². The van der Waals surface area contributed by atoms with Gasteiger partial charge in [-0.1, -0.05) is 23.8 Å². The molecule has 3 nitrogen and oxygen atoms in total. The fourth-order valence-electron chi connectivity index (χ4n) is 2.42. The van der Waals surface area contributed by atoms with Gasteiger partial charge in [0.2, 0.25) is 5.91 Å². The van der Waals surface area contributed by atoms with E-state index in [-0.39, 0.29) is 5.91 Å². The maximum absolute atomic E-state index is 12.0. The molecule has 3 heteroatoms. The molecule has 1 amide bonds. The average Bonchev–Trinajstić information content (AvgIpc) is 2.35. The molecule has 0 radical (unpaired) electrons. The van der Waals surface area contributed by atoms with Crippen LogP contribution in [0, 0.1) is 13.8 Å². The predicted molar refractivity (Wildman–Crippen MR) is 73.7 cm³/mol. The molecule has 2 N–H and O–H groups in total. The molecule has 1 fully saturated rings. The van der Waals surface area contributed by atoms with Crippen LogP contribution in [-0.4, -0.2) is 25.0 Å². The number of piperidine rings is 1. The first-order valence-electron chi connectivity index (χ1n) is 6.71. The quantitative estimate of drug-likeness (QED) is 0.852. The van der Waals surface area contributed by atoms with Crippen molar-refractivity contribution in [3.8, 4) is 0 Å². The lowest BCUT2D eigenvalue weighted by atomic mass is 10.0. The van der Waals surface area contributed by atoms with Crippen LogP contribution >= 0.6 is 0 Å². The standard InChI is InChI=1S/C15H22N2O/c1-11-5-6-12(2)13(8-11)9-15(18)17-14-4-3-7-16-10-14/h5-6,8,14,16H,3-4,7,9-10H2,1-2H3,(H,17,18). The number of carbonyl (C=O) groups excluding carboxylic acids is 1. The highest BCUT2D eigenvalue weighted by molar-refractivity contribution is 5.79. The molecular weight excluding hydrogens is 224 g/mol. The maximum atomic E-state index is 12.0. The van der Waals surface area contributed by atoms with E-state index in [2.05, 4.69) is 42.7 Å². The first kappa shape index (κ1) is 13.1. The Balaban J connectivity index is 1.92. The van der Waals surface area contributed by atoms with Crippen molar-refractivity contribution in [2.75, 3.05) is 13.1 Å². The summed E-state index contributed by atoms with van der Waals surface area (Å²) in [6, 6.07) is 6.58. The van der Waals surface area contributed by atoms with Gasteiger partial charge < -0.3 is 10.6 Å². The summed E-state index contributed by atoms with van der Waals surface area (Å²) in [6.45, 7) is 6.10. The SMILES string of the molecule is Cc1ccc(C)c(CC(=O)NC2CCCNC2)c1. The summed E-state index contributed by atoms with van der Waals surface area (Å²) in [7, 11) is 0. The van der Waals surface area contributed by atoms with Gasteiger partial charge in [-0.2, -0.15) is 0 Å². The molecular formula is C15H22N2O. The first-order valence-corrected chi connectivity index (χ1v) is 6.71. The number of rotatable bonds is 3. The Kier molecular flexibility index (Phi) is 4.37. The third-order valence-electron chi connectivity index (χ3n) is 3.52. The van der Waals surface area contributed by atoms with E-state index in [1.807, 2.05) is 0 Å². The third-order valence-corrected chi connectivity index (χ3v) is 3.52. The number of aryl methyl sites for hydroxylation is 2. The van der Waals surface area contributed by atoms with Crippen LogP contribution in [0.2, 0.25) is 0 Å². The molecule has 18 heavy (non-hydrogen) atoms. The summed E-state index contributed by atoms with van der Waals surface area (Å²) in [5.74, 6) is 0.136. The number of hydrogen-bond acceptors (Lipinski definition) is 2. The zero-order valence-corrected chi connectivity index (χ0v) is 11.3. The van der Waals surface area contributed by atoms with Gasteiger partial charge in [0.1, 0.15) is 0 Å². The molecule has 1 heterocycles. The summed E-state index contributed by atoms with van der Waals surface area (Å²) in [6.07, 6.45) is 2.73. The number of carbonyl (C=O) groups is 1. The van der Waals surface area contributed by atoms with Crippen LogP contribution in [0.4, 0.5) is 0 Å². The van der Waals surface area contributed by atoms with Crippen molar-refractivity contribution in [3.63, 3.8) is 0 Å². The van der Waals surface area contributed by atoms with E-state index < -0.39 is 0 Å². The minimum absolute atomic E-state index is 0.136. The fraction of sp³-hybridized carbons (Fsp3) is 0.533. The zero-order chi connectivity index (χ0) is 13.0. The molecule has 0 bridgehead atoms. The molecule has 1 aliphatic heterocycles. The van der Waals surface area contributed by atoms with Gasteiger partial charge in [-0.05, 0) is 44.4 Å². The van der Waals surface area contributed by atoms with E-state index >= 15 is 0 Å². The Morgan fingerprint density at radius 1 is 1.44 bits per heavy atom. The molecule has 98 valence electrons. The molecule has 0 spiro atoms. The summed E-state index contributed by atoms with van der Waals surface area (Å²) in [5.41, 5.74) is 3.54. The van der Waals surface area contributed by atoms with E-state index in [9.17, 15) is 4.79 Å². The molecule has 2 rings (SSSR count). The molecule has 1 atom stereocenters. The van der Waals surface area contributed by atoms with Crippen molar-refractivity contribution in [3.05, 3.63) is 34.9 Å². The first-order chi connectivity index (χ1) is 8.65. The summed E-state index contributed by atoms with van der Waals surface area (Å²) < 4.78 is 0. The maximum Gasteiger partial charge on any atom is 0.224 e. The molecule has 0 saturated carbocycles. The van der Waals surface area contributed by atoms with Gasteiger partial charge in [0.25, 0.3) is 0 Å². The molecule has 0 aliphatic carbocycles. The van der Waals surface area contributed by atoms with Gasteiger partial charge in [-0.3, -0.25) is 4.79 Å². The lowest BCUT2D eigenvalue weighted by Gasteiger charge is -2.24. The Morgan fingerprint density at radius 2 is 2.28 bits per heavy atom. The molecule has 1 unspecified atom stereocenters. The van der Waals surface area contributed by atoms with Crippen molar-refractivity contribution >= 4 is 5.91 Å². The number of benzene rings is 1. The van der Waals surface area contributed by atoms with Gasteiger partial charge >= 0.3 is 0 Å². The molecule has 0 aromatic heterocycles. The van der Waals surface area contributed by atoms with Crippen LogP contribution < -0.4 is 10.6 Å². The van der Waals surface area contributed by atoms with Crippen molar-refractivity contribution in [1.29, 1.82) is 0 Å². The van der Waals surface area contributed by atoms with E-state index in [0.29, 0.717) is 12.5 Å². The fourth-order valence-corrected chi connectivity index (χ4v) is 2.42. The van der Waals surface area contributed by atoms with Gasteiger partial charge in [-0.15, -0.1) is 0 Å². The van der Waals surface area contributed by atoms with Crippen LogP contribution in [-0.2, 0) is 11.2 Å². The second-order valence-electron chi connectivity index (χ2n) is 5.22. The van der Waals surface area contributed by atoms with Gasteiger partial charge in [0, 0.05) is 12.6 Å². The van der Waals surface area contributed by atoms with Gasteiger partial charge in [0.15, 0.2) is 0 Å². The summed E-state index contributed by atoms with van der Waals surface area (Å²) in [4.78, 5) is 12.0. The lowest BCUT2D eigenvalue weighted by molar-refractivity contribution is -0.121. The average molecular weight is 246 g/mol. The third kappa shape index (κ3) is 3.57. The minimum Gasteiger partial charge on any atom is -0.352 e. The second-order valence-corrected chi connectivity index (χ2v) is 5.22. The lowest BCUT2D eigenvalue weighted by Crippen LogP contribution is -2.46. The Morgan fingerprint density at radius 3 is 3.00 bits per heavy atom. The van der Waals surface area contributed by atoms with E-state index in [4.69, 9.17) is 0 Å². The highest BCUT2D eigenvalue weighted by Crippen LogP contribution is 2.11. The Hall–Kier alpha value is -1.35. The van der Waals surface area contributed by atoms with Crippen LogP contribution in [0.5, 0.6) is 0 Å². The molecule has 1 aromatic rings. The van der Waals surface area contributed by atoms with Crippen LogP contribution in [0.3, 0.4) is 0 Å². The molecule has 1 saturated heterocycles. The monoisotopic (exact) mass is 246 g/mol. The summed E-state index contributed by atoms with van der Waals surface area (Å²) in [5, 5.41) is 6.42. The van der Waals surface area contributed by atoms with Crippen molar-refractivity contribution in [2.24, 2.45) is 0 Å². The number of nitrogens with one attached hydrogen (secondary N) is 2. The molecule has 1 aliphatic rings. The Labute approximate surface area is 109 Å². The smallest absolute Gasteiger partial charge is 0.224 e. The number of amides is 1. The highest BCUT2D eigenvalue weighted by Gasteiger charge is 2.15. The minimum atomic E-state index is 0.136. The normalized spacial score (nSPS) is 19.6. The van der Waals surface area contributed by atoms with E-state index in [0.717, 1.165) is 31.5 Å².